The van der Waals surface area contributed by atoms with Crippen molar-refractivity contribution in [3.05, 3.63) is 83.9 Å². The van der Waals surface area contributed by atoms with E-state index >= 15 is 0 Å². The normalized spacial score (nSPS) is 11.7. The summed E-state index contributed by atoms with van der Waals surface area (Å²) in [5, 5.41) is 2.69. The summed E-state index contributed by atoms with van der Waals surface area (Å²) in [6.45, 7) is 3.82. The molecule has 0 aliphatic carbocycles. The Labute approximate surface area is 187 Å². The predicted molar refractivity (Wildman–Crippen MR) is 124 cm³/mol. The van der Waals surface area contributed by atoms with E-state index in [1.807, 2.05) is 6.92 Å². The molecule has 0 saturated heterocycles. The molecule has 0 heterocycles. The van der Waals surface area contributed by atoms with Crippen LogP contribution in [0.1, 0.15) is 22.8 Å². The zero-order chi connectivity index (χ0) is 23.4. The number of benzene rings is 3. The van der Waals surface area contributed by atoms with Crippen LogP contribution < -0.4 is 14.8 Å². The van der Waals surface area contributed by atoms with Gasteiger partial charge in [0.15, 0.2) is 0 Å². The average molecular weight is 474 g/mol. The number of carbonyl (C=O) groups is 1. The number of hydrogen-bond acceptors (Lipinski definition) is 5. The number of anilines is 2. The molecule has 0 saturated carbocycles. The first-order valence-corrected chi connectivity index (χ1v) is 12.7. The van der Waals surface area contributed by atoms with Crippen molar-refractivity contribution in [2.45, 2.75) is 23.6 Å². The Morgan fingerprint density at radius 1 is 0.719 bits per heavy atom. The van der Waals surface area contributed by atoms with Crippen molar-refractivity contribution in [3.8, 4) is 0 Å². The summed E-state index contributed by atoms with van der Waals surface area (Å²) in [5.74, 6) is -0.426. The van der Waals surface area contributed by atoms with Gasteiger partial charge in [-0.15, -0.1) is 0 Å². The fourth-order valence-electron chi connectivity index (χ4n) is 2.82. The quantitative estimate of drug-likeness (QED) is 0.463. The largest absolute Gasteiger partial charge is 0.322 e. The topological polar surface area (TPSA) is 121 Å². The van der Waals surface area contributed by atoms with Gasteiger partial charge in [-0.05, 0) is 67.6 Å². The van der Waals surface area contributed by atoms with Crippen molar-refractivity contribution in [1.82, 2.24) is 4.72 Å². The highest BCUT2D eigenvalue weighted by atomic mass is 32.2. The Morgan fingerprint density at radius 2 is 1.22 bits per heavy atom. The minimum Gasteiger partial charge on any atom is -0.322 e. The molecule has 8 nitrogen and oxygen atoms in total. The van der Waals surface area contributed by atoms with Gasteiger partial charge in [0.05, 0.1) is 9.79 Å². The van der Waals surface area contributed by atoms with E-state index in [9.17, 15) is 21.6 Å². The Balaban J connectivity index is 1.66. The molecule has 1 amide bonds. The van der Waals surface area contributed by atoms with E-state index in [1.54, 1.807) is 31.2 Å². The Morgan fingerprint density at radius 3 is 1.78 bits per heavy atom. The maximum absolute atomic E-state index is 12.5. The highest BCUT2D eigenvalue weighted by Crippen LogP contribution is 2.19. The molecular formula is C22H23N3O5S2. The van der Waals surface area contributed by atoms with E-state index in [-0.39, 0.29) is 21.9 Å². The molecule has 0 fully saturated rings. The number of carbonyl (C=O) groups excluding carboxylic acids is 1. The van der Waals surface area contributed by atoms with Crippen LogP contribution in [0.5, 0.6) is 0 Å². The Bertz CT molecular complexity index is 1300. The first-order chi connectivity index (χ1) is 15.1. The second kappa shape index (κ2) is 9.51. The lowest BCUT2D eigenvalue weighted by Gasteiger charge is -2.10. The van der Waals surface area contributed by atoms with Crippen LogP contribution in [0.25, 0.3) is 0 Å². The molecule has 3 N–H and O–H groups in total. The highest BCUT2D eigenvalue weighted by molar-refractivity contribution is 7.92. The van der Waals surface area contributed by atoms with Crippen LogP contribution in [-0.2, 0) is 20.0 Å². The summed E-state index contributed by atoms with van der Waals surface area (Å²) < 4.78 is 53.8. The van der Waals surface area contributed by atoms with Gasteiger partial charge < -0.3 is 5.32 Å². The minimum atomic E-state index is -3.72. The third-order valence-corrected chi connectivity index (χ3v) is 7.45. The zero-order valence-corrected chi connectivity index (χ0v) is 19.1. The van der Waals surface area contributed by atoms with Crippen molar-refractivity contribution in [3.63, 3.8) is 0 Å². The van der Waals surface area contributed by atoms with E-state index in [4.69, 9.17) is 0 Å². The smallest absolute Gasteiger partial charge is 0.261 e. The molecule has 0 aliphatic rings. The molecule has 3 aromatic rings. The van der Waals surface area contributed by atoms with Crippen LogP contribution in [0.15, 0.2) is 82.6 Å². The first kappa shape index (κ1) is 23.5. The maximum atomic E-state index is 12.5. The van der Waals surface area contributed by atoms with Crippen LogP contribution in [0.2, 0.25) is 0 Å². The first-order valence-electron chi connectivity index (χ1n) is 9.71. The van der Waals surface area contributed by atoms with Crippen LogP contribution in [0, 0.1) is 6.92 Å². The second-order valence-electron chi connectivity index (χ2n) is 6.98. The summed E-state index contributed by atoms with van der Waals surface area (Å²) in [6, 6.07) is 18.2. The lowest BCUT2D eigenvalue weighted by Crippen LogP contribution is -2.23. The molecule has 0 atom stereocenters. The second-order valence-corrected chi connectivity index (χ2v) is 10.4. The zero-order valence-electron chi connectivity index (χ0n) is 17.5. The standard InChI is InChI=1S/C22H23N3O5S2/c1-3-23-31(27,28)20-14-6-17(7-15-20)22(26)24-18-8-10-19(11-9-18)25-32(29,30)21-12-4-16(2)5-13-21/h4-15,23,25H,3H2,1-2H3,(H,24,26). The van der Waals surface area contributed by atoms with E-state index < -0.39 is 26.0 Å². The van der Waals surface area contributed by atoms with Crippen molar-refractivity contribution in [2.75, 3.05) is 16.6 Å². The van der Waals surface area contributed by atoms with E-state index in [0.717, 1.165) is 5.56 Å². The van der Waals surface area contributed by atoms with Gasteiger partial charge in [-0.2, -0.15) is 0 Å². The predicted octanol–water partition coefficient (Wildman–Crippen LogP) is 3.35. The minimum absolute atomic E-state index is 0.0705. The molecule has 10 heteroatoms. The number of nitrogens with one attached hydrogen (secondary N) is 3. The lowest BCUT2D eigenvalue weighted by atomic mass is 10.2. The summed E-state index contributed by atoms with van der Waals surface area (Å²) in [5.41, 5.74) is 2.04. The monoisotopic (exact) mass is 473 g/mol. The number of rotatable bonds is 8. The number of amides is 1. The molecule has 0 unspecified atom stereocenters. The summed E-state index contributed by atoms with van der Waals surface area (Å²) >= 11 is 0. The van der Waals surface area contributed by atoms with Crippen molar-refractivity contribution < 1.29 is 21.6 Å². The Hall–Kier alpha value is -3.21. The van der Waals surface area contributed by atoms with Gasteiger partial charge in [-0.3, -0.25) is 9.52 Å². The molecule has 0 spiro atoms. The SMILES string of the molecule is CCNS(=O)(=O)c1ccc(C(=O)Nc2ccc(NS(=O)(=O)c3ccc(C)cc3)cc2)cc1. The lowest BCUT2D eigenvalue weighted by molar-refractivity contribution is 0.102. The fourth-order valence-corrected chi connectivity index (χ4v) is 4.91. The van der Waals surface area contributed by atoms with E-state index in [1.165, 1.54) is 48.5 Å². The molecule has 32 heavy (non-hydrogen) atoms. The van der Waals surface area contributed by atoms with Gasteiger partial charge >= 0.3 is 0 Å². The van der Waals surface area contributed by atoms with Crippen LogP contribution in [0.3, 0.4) is 0 Å². The van der Waals surface area contributed by atoms with Gasteiger partial charge in [0.2, 0.25) is 10.0 Å². The summed E-state index contributed by atoms with van der Waals surface area (Å²) in [4.78, 5) is 12.7. The number of aryl methyl sites for hydroxylation is 1. The number of hydrogen-bond donors (Lipinski definition) is 3. The molecule has 0 bridgehead atoms. The summed E-state index contributed by atoms with van der Waals surface area (Å²) in [6.07, 6.45) is 0. The van der Waals surface area contributed by atoms with Crippen LogP contribution in [0.4, 0.5) is 11.4 Å². The van der Waals surface area contributed by atoms with Crippen molar-refractivity contribution in [1.29, 1.82) is 0 Å². The molecule has 0 radical (unpaired) electrons. The van der Waals surface area contributed by atoms with Gasteiger partial charge in [0.25, 0.3) is 15.9 Å². The molecular weight excluding hydrogens is 450 g/mol. The third-order valence-electron chi connectivity index (χ3n) is 4.49. The molecule has 0 aliphatic heterocycles. The Kier molecular flexibility index (Phi) is 6.97. The maximum Gasteiger partial charge on any atom is 0.261 e. The highest BCUT2D eigenvalue weighted by Gasteiger charge is 2.15. The molecule has 168 valence electrons. The summed E-state index contributed by atoms with van der Waals surface area (Å²) in [7, 11) is -7.31. The van der Waals surface area contributed by atoms with Crippen molar-refractivity contribution >= 4 is 37.3 Å². The fraction of sp³-hybridized carbons (Fsp3) is 0.136. The van der Waals surface area contributed by atoms with Gasteiger partial charge in [-0.25, -0.2) is 21.6 Å². The van der Waals surface area contributed by atoms with E-state index in [2.05, 4.69) is 14.8 Å². The van der Waals surface area contributed by atoms with Crippen LogP contribution >= 0.6 is 0 Å². The molecule has 0 aromatic heterocycles. The molecule has 3 aromatic carbocycles. The van der Waals surface area contributed by atoms with Crippen LogP contribution in [-0.4, -0.2) is 29.3 Å². The van der Waals surface area contributed by atoms with Crippen molar-refractivity contribution in [2.24, 2.45) is 0 Å². The van der Waals surface area contributed by atoms with Gasteiger partial charge in [-0.1, -0.05) is 24.6 Å². The average Bonchev–Trinajstić information content (AvgIpc) is 2.75. The van der Waals surface area contributed by atoms with Gasteiger partial charge in [0, 0.05) is 23.5 Å². The van der Waals surface area contributed by atoms with Gasteiger partial charge in [0.1, 0.15) is 0 Å². The number of sulfonamides is 2. The van der Waals surface area contributed by atoms with E-state index in [0.29, 0.717) is 11.4 Å². The third kappa shape index (κ3) is 5.72. The molecule has 3 rings (SSSR count).